The van der Waals surface area contributed by atoms with Gasteiger partial charge in [-0.25, -0.2) is 4.79 Å². The van der Waals surface area contributed by atoms with Crippen LogP contribution in [0.25, 0.3) is 0 Å². The Bertz CT molecular complexity index is 291. The summed E-state index contributed by atoms with van der Waals surface area (Å²) in [5.74, 6) is 0.987. The molecule has 1 N–H and O–H groups in total. The normalized spacial score (nSPS) is 31.5. The second-order valence-corrected chi connectivity index (χ2v) is 5.20. The summed E-state index contributed by atoms with van der Waals surface area (Å²) in [5, 5.41) is 8.87. The van der Waals surface area contributed by atoms with Gasteiger partial charge in [0, 0.05) is 11.8 Å². The van der Waals surface area contributed by atoms with E-state index in [2.05, 4.69) is 0 Å². The van der Waals surface area contributed by atoms with Gasteiger partial charge in [-0.3, -0.25) is 4.79 Å². The summed E-state index contributed by atoms with van der Waals surface area (Å²) in [6.45, 7) is 0.0948. The second kappa shape index (κ2) is 5.05. The third-order valence-electron chi connectivity index (χ3n) is 2.94. The number of ether oxygens (including phenoxy) is 1. The van der Waals surface area contributed by atoms with Crippen LogP contribution in [0.2, 0.25) is 0 Å². The summed E-state index contributed by atoms with van der Waals surface area (Å²) in [6, 6.07) is 0.192. The number of carbonyl (C=O) groups excluding carboxylic acids is 1. The zero-order chi connectivity index (χ0) is 11.5. The third kappa shape index (κ3) is 2.49. The maximum atomic E-state index is 11.7. The van der Waals surface area contributed by atoms with Crippen molar-refractivity contribution in [3.05, 3.63) is 0 Å². The molecule has 5 nitrogen and oxygen atoms in total. The largest absolute Gasteiger partial charge is 0.479 e. The fourth-order valence-electron chi connectivity index (χ4n) is 2.06. The number of hydrogen-bond acceptors (Lipinski definition) is 4. The molecule has 6 heteroatoms. The zero-order valence-electron chi connectivity index (χ0n) is 8.92. The predicted molar refractivity (Wildman–Crippen MR) is 59.4 cm³/mol. The maximum absolute atomic E-state index is 11.7. The van der Waals surface area contributed by atoms with Crippen LogP contribution in [0.5, 0.6) is 0 Å². The molecule has 2 aliphatic heterocycles. The Morgan fingerprint density at radius 1 is 1.56 bits per heavy atom. The van der Waals surface area contributed by atoms with Crippen molar-refractivity contribution in [3.8, 4) is 0 Å². The van der Waals surface area contributed by atoms with Crippen LogP contribution in [-0.2, 0) is 14.3 Å². The lowest BCUT2D eigenvalue weighted by molar-refractivity contribution is -0.166. The summed E-state index contributed by atoms with van der Waals surface area (Å²) < 4.78 is 4.98. The molecule has 1 amide bonds. The maximum Gasteiger partial charge on any atom is 0.334 e. The van der Waals surface area contributed by atoms with E-state index >= 15 is 0 Å². The molecule has 0 aliphatic carbocycles. The topological polar surface area (TPSA) is 66.8 Å². The highest BCUT2D eigenvalue weighted by Crippen LogP contribution is 2.23. The third-order valence-corrected chi connectivity index (χ3v) is 4.14. The van der Waals surface area contributed by atoms with Gasteiger partial charge in [-0.05, 0) is 18.6 Å². The number of nitrogens with zero attached hydrogens (tertiary/aromatic N) is 1. The molecule has 2 aliphatic rings. The van der Waals surface area contributed by atoms with Crippen LogP contribution >= 0.6 is 11.8 Å². The van der Waals surface area contributed by atoms with Crippen molar-refractivity contribution in [1.82, 2.24) is 4.90 Å². The Balaban J connectivity index is 1.99. The first kappa shape index (κ1) is 11.7. The van der Waals surface area contributed by atoms with E-state index in [1.807, 2.05) is 11.8 Å². The van der Waals surface area contributed by atoms with E-state index in [1.165, 1.54) is 0 Å². The van der Waals surface area contributed by atoms with Gasteiger partial charge >= 0.3 is 5.97 Å². The summed E-state index contributed by atoms with van der Waals surface area (Å²) in [5.41, 5.74) is 0. The highest BCUT2D eigenvalue weighted by atomic mass is 32.2. The number of carboxylic acid groups (broad SMARTS) is 1. The lowest BCUT2D eigenvalue weighted by atomic mass is 10.1. The van der Waals surface area contributed by atoms with Crippen LogP contribution in [0.3, 0.4) is 0 Å². The molecule has 16 heavy (non-hydrogen) atoms. The molecule has 0 saturated carbocycles. The molecule has 90 valence electrons. The van der Waals surface area contributed by atoms with Crippen molar-refractivity contribution < 1.29 is 19.4 Å². The molecule has 0 aromatic rings. The number of hydrogen-bond donors (Lipinski definition) is 1. The predicted octanol–water partition coefficient (Wildman–Crippen LogP) is 0.194. The smallest absolute Gasteiger partial charge is 0.334 e. The van der Waals surface area contributed by atoms with E-state index in [4.69, 9.17) is 9.84 Å². The first-order chi connectivity index (χ1) is 7.68. The van der Waals surface area contributed by atoms with E-state index < -0.39 is 12.1 Å². The van der Waals surface area contributed by atoms with Gasteiger partial charge in [0.1, 0.15) is 6.61 Å². The highest BCUT2D eigenvalue weighted by molar-refractivity contribution is 7.99. The average Bonchev–Trinajstić information content (AvgIpc) is 2.30. The number of aliphatic carboxylic acids is 1. The molecular weight excluding hydrogens is 230 g/mol. The highest BCUT2D eigenvalue weighted by Gasteiger charge is 2.35. The Labute approximate surface area is 98.1 Å². The minimum atomic E-state index is -0.985. The lowest BCUT2D eigenvalue weighted by Gasteiger charge is -2.38. The molecule has 0 spiro atoms. The van der Waals surface area contributed by atoms with Gasteiger partial charge in [0.15, 0.2) is 6.10 Å². The first-order valence-corrected chi connectivity index (χ1v) is 6.55. The van der Waals surface area contributed by atoms with Gasteiger partial charge in [-0.2, -0.15) is 11.8 Å². The number of morpholine rings is 1. The molecule has 0 bridgehead atoms. The number of carbonyl (C=O) groups is 2. The summed E-state index contributed by atoms with van der Waals surface area (Å²) in [6.07, 6.45) is 1.22. The first-order valence-electron chi connectivity index (χ1n) is 5.40. The molecule has 2 saturated heterocycles. The van der Waals surface area contributed by atoms with Crippen LogP contribution in [0.4, 0.5) is 0 Å². The molecule has 2 atom stereocenters. The molecule has 0 aromatic heterocycles. The standard InChI is InChI=1S/C10H15NO4S/c12-9-5-15-8(10(13)14)4-11(9)7-2-1-3-16-6-7/h7-8H,1-6H2,(H,13,14). The Morgan fingerprint density at radius 2 is 2.38 bits per heavy atom. The zero-order valence-corrected chi connectivity index (χ0v) is 9.74. The summed E-state index contributed by atoms with van der Waals surface area (Å²) in [7, 11) is 0. The fraction of sp³-hybridized carbons (Fsp3) is 0.800. The quantitative estimate of drug-likeness (QED) is 0.752. The van der Waals surface area contributed by atoms with E-state index in [-0.39, 0.29) is 25.1 Å². The van der Waals surface area contributed by atoms with Crippen molar-refractivity contribution >= 4 is 23.6 Å². The van der Waals surface area contributed by atoms with Gasteiger partial charge in [0.2, 0.25) is 5.91 Å². The number of rotatable bonds is 2. The van der Waals surface area contributed by atoms with E-state index in [0.29, 0.717) is 0 Å². The SMILES string of the molecule is O=C(O)C1CN(C2CCCSC2)C(=O)CO1. The van der Waals surface area contributed by atoms with Crippen LogP contribution in [0.1, 0.15) is 12.8 Å². The van der Waals surface area contributed by atoms with Crippen LogP contribution < -0.4 is 0 Å². The van der Waals surface area contributed by atoms with E-state index in [9.17, 15) is 9.59 Å². The Hall–Kier alpha value is -0.750. The van der Waals surface area contributed by atoms with Crippen molar-refractivity contribution in [2.75, 3.05) is 24.7 Å². The van der Waals surface area contributed by atoms with Crippen molar-refractivity contribution in [2.45, 2.75) is 25.0 Å². The van der Waals surface area contributed by atoms with Crippen LogP contribution in [-0.4, -0.2) is 58.7 Å². The van der Waals surface area contributed by atoms with Crippen LogP contribution in [0.15, 0.2) is 0 Å². The minimum Gasteiger partial charge on any atom is -0.479 e. The van der Waals surface area contributed by atoms with E-state index in [1.54, 1.807) is 4.90 Å². The minimum absolute atomic E-state index is 0.0787. The van der Waals surface area contributed by atoms with Gasteiger partial charge in [-0.15, -0.1) is 0 Å². The fourth-order valence-corrected chi connectivity index (χ4v) is 3.22. The molecule has 2 rings (SSSR count). The molecule has 0 radical (unpaired) electrons. The summed E-state index contributed by atoms with van der Waals surface area (Å²) >= 11 is 1.83. The Morgan fingerprint density at radius 3 is 3.00 bits per heavy atom. The Kier molecular flexibility index (Phi) is 3.70. The number of carboxylic acids is 1. The van der Waals surface area contributed by atoms with Gasteiger partial charge in [-0.1, -0.05) is 0 Å². The van der Waals surface area contributed by atoms with Gasteiger partial charge in [0.05, 0.1) is 6.54 Å². The monoisotopic (exact) mass is 245 g/mol. The van der Waals surface area contributed by atoms with Gasteiger partial charge in [0.25, 0.3) is 0 Å². The molecule has 2 fully saturated rings. The van der Waals surface area contributed by atoms with Crippen LogP contribution in [0, 0.1) is 0 Å². The molecular formula is C10H15NO4S. The van der Waals surface area contributed by atoms with Gasteiger partial charge < -0.3 is 14.7 Å². The number of amides is 1. The molecule has 2 unspecified atom stereocenters. The van der Waals surface area contributed by atoms with Crippen molar-refractivity contribution in [2.24, 2.45) is 0 Å². The average molecular weight is 245 g/mol. The lowest BCUT2D eigenvalue weighted by Crippen LogP contribution is -2.54. The summed E-state index contributed by atoms with van der Waals surface area (Å²) in [4.78, 5) is 24.2. The second-order valence-electron chi connectivity index (χ2n) is 4.05. The molecule has 2 heterocycles. The number of thioether (sulfide) groups is 1. The molecule has 0 aromatic carbocycles. The van der Waals surface area contributed by atoms with E-state index in [0.717, 1.165) is 24.3 Å². The van der Waals surface area contributed by atoms with Crippen molar-refractivity contribution in [3.63, 3.8) is 0 Å². The van der Waals surface area contributed by atoms with Crippen molar-refractivity contribution in [1.29, 1.82) is 0 Å².